The van der Waals surface area contributed by atoms with Crippen molar-refractivity contribution in [3.05, 3.63) is 12.2 Å². The molecule has 0 aliphatic carbocycles. The van der Waals surface area contributed by atoms with Crippen LogP contribution in [-0.4, -0.2) is 36.6 Å². The fourth-order valence-electron chi connectivity index (χ4n) is 2.16. The third-order valence-corrected chi connectivity index (χ3v) is 3.19. The number of nitrogens with one attached hydrogen (secondary N) is 1. The lowest BCUT2D eigenvalue weighted by atomic mass is 10.1. The molecular weight excluding hydrogens is 184 g/mol. The maximum Gasteiger partial charge on any atom is 0.0161 e. The molecule has 1 atom stereocenters. The number of nitrogens with zero attached hydrogens (tertiary/aromatic N) is 1. The van der Waals surface area contributed by atoms with Crippen LogP contribution in [0.15, 0.2) is 12.2 Å². The van der Waals surface area contributed by atoms with E-state index in [4.69, 9.17) is 0 Å². The van der Waals surface area contributed by atoms with Crippen molar-refractivity contribution in [1.82, 2.24) is 10.2 Å². The van der Waals surface area contributed by atoms with Crippen LogP contribution in [0.25, 0.3) is 0 Å². The molecule has 0 amide bonds. The highest BCUT2D eigenvalue weighted by atomic mass is 15.1. The van der Waals surface area contributed by atoms with Gasteiger partial charge in [0.1, 0.15) is 0 Å². The fraction of sp³-hybridized carbons (Fsp3) is 0.846. The van der Waals surface area contributed by atoms with E-state index in [2.05, 4.69) is 37.6 Å². The van der Waals surface area contributed by atoms with Gasteiger partial charge in [0.2, 0.25) is 0 Å². The minimum Gasteiger partial charge on any atom is -0.310 e. The zero-order chi connectivity index (χ0) is 11.3. The van der Waals surface area contributed by atoms with Crippen LogP contribution in [0.3, 0.4) is 0 Å². The van der Waals surface area contributed by atoms with E-state index in [9.17, 15) is 0 Å². The second-order valence-electron chi connectivity index (χ2n) is 5.10. The van der Waals surface area contributed by atoms with E-state index >= 15 is 0 Å². The molecule has 0 aromatic rings. The van der Waals surface area contributed by atoms with Crippen LogP contribution in [0, 0.1) is 0 Å². The Labute approximate surface area is 94.7 Å². The highest BCUT2D eigenvalue weighted by Gasteiger charge is 2.17. The van der Waals surface area contributed by atoms with Gasteiger partial charge in [-0.25, -0.2) is 0 Å². The highest BCUT2D eigenvalue weighted by molar-refractivity contribution is 4.92. The normalized spacial score (nSPS) is 24.1. The standard InChI is InChI=1S/C13H26N2/c1-11(2)10-14-13-6-5-8-15(9-7-13)12(3)4/h12-14H,1,5-10H2,2-4H3. The van der Waals surface area contributed by atoms with Gasteiger partial charge in [0.15, 0.2) is 0 Å². The Bertz CT molecular complexity index is 199. The Balaban J connectivity index is 2.29. The molecule has 1 unspecified atom stereocenters. The molecule has 88 valence electrons. The van der Waals surface area contributed by atoms with Gasteiger partial charge in [0, 0.05) is 18.6 Å². The molecule has 1 heterocycles. The lowest BCUT2D eigenvalue weighted by Gasteiger charge is -2.24. The summed E-state index contributed by atoms with van der Waals surface area (Å²) >= 11 is 0. The van der Waals surface area contributed by atoms with Gasteiger partial charge < -0.3 is 10.2 Å². The first-order chi connectivity index (χ1) is 7.09. The summed E-state index contributed by atoms with van der Waals surface area (Å²) in [4.78, 5) is 2.59. The summed E-state index contributed by atoms with van der Waals surface area (Å²) in [7, 11) is 0. The van der Waals surface area contributed by atoms with Gasteiger partial charge in [-0.1, -0.05) is 12.2 Å². The minimum atomic E-state index is 0.699. The monoisotopic (exact) mass is 210 g/mol. The zero-order valence-electron chi connectivity index (χ0n) is 10.6. The van der Waals surface area contributed by atoms with Crippen LogP contribution in [-0.2, 0) is 0 Å². The van der Waals surface area contributed by atoms with E-state index < -0.39 is 0 Å². The minimum absolute atomic E-state index is 0.699. The van der Waals surface area contributed by atoms with E-state index in [1.165, 1.54) is 37.9 Å². The third kappa shape index (κ3) is 4.80. The Hall–Kier alpha value is -0.340. The van der Waals surface area contributed by atoms with Gasteiger partial charge in [-0.15, -0.1) is 0 Å². The van der Waals surface area contributed by atoms with Gasteiger partial charge in [-0.05, 0) is 53.1 Å². The Morgan fingerprint density at radius 1 is 1.40 bits per heavy atom. The number of hydrogen-bond acceptors (Lipinski definition) is 2. The molecule has 0 radical (unpaired) electrons. The van der Waals surface area contributed by atoms with Crippen molar-refractivity contribution < 1.29 is 0 Å². The first-order valence-corrected chi connectivity index (χ1v) is 6.21. The SMILES string of the molecule is C=C(C)CNC1CCCN(C(C)C)CC1. The van der Waals surface area contributed by atoms with E-state index in [0.717, 1.165) is 6.54 Å². The van der Waals surface area contributed by atoms with Crippen LogP contribution in [0.4, 0.5) is 0 Å². The van der Waals surface area contributed by atoms with Gasteiger partial charge >= 0.3 is 0 Å². The predicted molar refractivity (Wildman–Crippen MR) is 67.2 cm³/mol. The Morgan fingerprint density at radius 3 is 2.73 bits per heavy atom. The second-order valence-corrected chi connectivity index (χ2v) is 5.10. The largest absolute Gasteiger partial charge is 0.310 e. The van der Waals surface area contributed by atoms with Crippen molar-refractivity contribution in [3.8, 4) is 0 Å². The van der Waals surface area contributed by atoms with Gasteiger partial charge in [-0.3, -0.25) is 0 Å². The van der Waals surface area contributed by atoms with E-state index in [0.29, 0.717) is 12.1 Å². The summed E-state index contributed by atoms with van der Waals surface area (Å²) in [5, 5.41) is 3.59. The van der Waals surface area contributed by atoms with Gasteiger partial charge in [-0.2, -0.15) is 0 Å². The fourth-order valence-corrected chi connectivity index (χ4v) is 2.16. The highest BCUT2D eigenvalue weighted by Crippen LogP contribution is 2.13. The Morgan fingerprint density at radius 2 is 2.13 bits per heavy atom. The molecule has 1 N–H and O–H groups in total. The summed E-state index contributed by atoms with van der Waals surface area (Å²) in [5.41, 5.74) is 1.24. The van der Waals surface area contributed by atoms with Crippen molar-refractivity contribution in [2.45, 2.75) is 52.1 Å². The van der Waals surface area contributed by atoms with Crippen molar-refractivity contribution >= 4 is 0 Å². The molecule has 0 aromatic heterocycles. The third-order valence-electron chi connectivity index (χ3n) is 3.19. The van der Waals surface area contributed by atoms with Crippen LogP contribution < -0.4 is 5.32 Å². The molecule has 2 nitrogen and oxygen atoms in total. The van der Waals surface area contributed by atoms with Gasteiger partial charge in [0.05, 0.1) is 0 Å². The van der Waals surface area contributed by atoms with Crippen molar-refractivity contribution in [3.63, 3.8) is 0 Å². The number of likely N-dealkylation sites (tertiary alicyclic amines) is 1. The predicted octanol–water partition coefficient (Wildman–Crippen LogP) is 2.42. The number of hydrogen-bond donors (Lipinski definition) is 1. The average Bonchev–Trinajstić information content (AvgIpc) is 2.39. The van der Waals surface area contributed by atoms with Crippen LogP contribution in [0.5, 0.6) is 0 Å². The summed E-state index contributed by atoms with van der Waals surface area (Å²) in [6.45, 7) is 14.1. The van der Waals surface area contributed by atoms with Crippen LogP contribution in [0.1, 0.15) is 40.0 Å². The van der Waals surface area contributed by atoms with Crippen molar-refractivity contribution in [2.24, 2.45) is 0 Å². The molecule has 0 spiro atoms. The van der Waals surface area contributed by atoms with Crippen LogP contribution in [0.2, 0.25) is 0 Å². The molecule has 0 saturated carbocycles. The zero-order valence-corrected chi connectivity index (χ0v) is 10.6. The van der Waals surface area contributed by atoms with Crippen molar-refractivity contribution in [1.29, 1.82) is 0 Å². The average molecular weight is 210 g/mol. The summed E-state index contributed by atoms with van der Waals surface area (Å²) < 4.78 is 0. The molecule has 1 aliphatic heterocycles. The molecule has 0 bridgehead atoms. The van der Waals surface area contributed by atoms with Gasteiger partial charge in [0.25, 0.3) is 0 Å². The maximum atomic E-state index is 3.93. The quantitative estimate of drug-likeness (QED) is 0.717. The van der Waals surface area contributed by atoms with Crippen LogP contribution >= 0.6 is 0 Å². The molecule has 1 rings (SSSR count). The molecule has 1 fully saturated rings. The molecule has 0 aromatic carbocycles. The topological polar surface area (TPSA) is 15.3 Å². The molecule has 1 saturated heterocycles. The number of rotatable bonds is 4. The molecular formula is C13H26N2. The summed E-state index contributed by atoms with van der Waals surface area (Å²) in [6, 6.07) is 1.40. The lowest BCUT2D eigenvalue weighted by molar-refractivity contribution is 0.229. The van der Waals surface area contributed by atoms with Crippen molar-refractivity contribution in [2.75, 3.05) is 19.6 Å². The molecule has 15 heavy (non-hydrogen) atoms. The Kier molecular flexibility index (Phi) is 5.34. The summed E-state index contributed by atoms with van der Waals surface area (Å²) in [6.07, 6.45) is 3.92. The van der Waals surface area contributed by atoms with E-state index in [1.54, 1.807) is 0 Å². The van der Waals surface area contributed by atoms with E-state index in [-0.39, 0.29) is 0 Å². The summed E-state index contributed by atoms with van der Waals surface area (Å²) in [5.74, 6) is 0. The lowest BCUT2D eigenvalue weighted by Crippen LogP contribution is -2.34. The first kappa shape index (κ1) is 12.7. The van der Waals surface area contributed by atoms with E-state index in [1.807, 2.05) is 0 Å². The molecule has 2 heteroatoms. The second kappa shape index (κ2) is 6.29. The maximum absolute atomic E-state index is 3.93. The molecule has 1 aliphatic rings. The smallest absolute Gasteiger partial charge is 0.0161 e. The first-order valence-electron chi connectivity index (χ1n) is 6.21.